The van der Waals surface area contributed by atoms with Gasteiger partial charge < -0.3 is 15.7 Å². The van der Waals surface area contributed by atoms with Gasteiger partial charge in [0, 0.05) is 18.8 Å². The molecule has 0 atom stereocenters. The second-order valence-electron chi connectivity index (χ2n) is 5.28. The molecule has 0 fully saturated rings. The summed E-state index contributed by atoms with van der Waals surface area (Å²) >= 11 is 1.17. The number of carboxylic acids is 1. The van der Waals surface area contributed by atoms with E-state index in [9.17, 15) is 9.59 Å². The average Bonchev–Trinajstić information content (AvgIpc) is 3.11. The Bertz CT molecular complexity index is 802. The van der Waals surface area contributed by atoms with Crippen LogP contribution in [0.2, 0.25) is 0 Å². The van der Waals surface area contributed by atoms with Crippen LogP contribution in [-0.4, -0.2) is 31.7 Å². The minimum absolute atomic E-state index is 0.0585. The van der Waals surface area contributed by atoms with Crippen LogP contribution in [0.1, 0.15) is 47.4 Å². The molecule has 0 aliphatic heterocycles. The van der Waals surface area contributed by atoms with Crippen molar-refractivity contribution in [2.24, 2.45) is 7.05 Å². The molecule has 0 aliphatic rings. The highest BCUT2D eigenvalue weighted by Crippen LogP contribution is 2.22. The van der Waals surface area contributed by atoms with Crippen LogP contribution in [0.4, 0.5) is 10.9 Å². The third-order valence-corrected chi connectivity index (χ3v) is 4.20. The lowest BCUT2D eigenvalue weighted by atomic mass is 10.2. The monoisotopic (exact) mass is 349 g/mol. The lowest BCUT2D eigenvalue weighted by molar-refractivity contribution is 0.0684. The highest BCUT2D eigenvalue weighted by molar-refractivity contribution is 7.17. The van der Waals surface area contributed by atoms with E-state index in [0.29, 0.717) is 15.8 Å². The first-order valence-corrected chi connectivity index (χ1v) is 8.11. The molecule has 9 heteroatoms. The Morgan fingerprint density at radius 2 is 2.08 bits per heavy atom. The number of carboxylic acid groups (broad SMARTS) is 1. The summed E-state index contributed by atoms with van der Waals surface area (Å²) in [4.78, 5) is 27.8. The molecule has 2 aromatic rings. The van der Waals surface area contributed by atoms with Crippen molar-refractivity contribution in [3.8, 4) is 0 Å². The Balaban J connectivity index is 2.11. The number of carbonyl (C=O) groups is 2. The summed E-state index contributed by atoms with van der Waals surface area (Å²) in [5.41, 5.74) is 2.00. The second-order valence-corrected chi connectivity index (χ2v) is 6.32. The predicted octanol–water partition coefficient (Wildman–Crippen LogP) is 2.75. The second kappa shape index (κ2) is 7.26. The van der Waals surface area contributed by atoms with Gasteiger partial charge >= 0.3 is 5.97 Å². The SMILES string of the molecule is CCC(NC(=O)c1cnc(Nc2cc(C(=O)O)n(C)n2)s1)=C(C)C. The number of nitrogens with one attached hydrogen (secondary N) is 2. The summed E-state index contributed by atoms with van der Waals surface area (Å²) in [6, 6.07) is 1.40. The fourth-order valence-corrected chi connectivity index (χ4v) is 2.76. The largest absolute Gasteiger partial charge is 0.477 e. The van der Waals surface area contributed by atoms with E-state index in [1.807, 2.05) is 20.8 Å². The first-order chi connectivity index (χ1) is 11.3. The van der Waals surface area contributed by atoms with E-state index in [1.165, 1.54) is 28.3 Å². The molecule has 128 valence electrons. The normalized spacial score (nSPS) is 10.3. The first-order valence-electron chi connectivity index (χ1n) is 7.29. The lowest BCUT2D eigenvalue weighted by Crippen LogP contribution is -2.22. The van der Waals surface area contributed by atoms with E-state index in [0.717, 1.165) is 17.7 Å². The Hall–Kier alpha value is -2.68. The molecular formula is C15H19N5O3S. The van der Waals surface area contributed by atoms with Crippen molar-refractivity contribution >= 4 is 34.2 Å². The molecule has 0 saturated heterocycles. The van der Waals surface area contributed by atoms with Crippen LogP contribution in [0, 0.1) is 0 Å². The zero-order valence-corrected chi connectivity index (χ0v) is 14.7. The first kappa shape index (κ1) is 17.7. The zero-order chi connectivity index (χ0) is 17.9. The fourth-order valence-electron chi connectivity index (χ4n) is 2.04. The Labute approximate surface area is 143 Å². The Kier molecular flexibility index (Phi) is 5.35. The number of amides is 1. The van der Waals surface area contributed by atoms with E-state index in [1.54, 1.807) is 7.05 Å². The van der Waals surface area contributed by atoms with Crippen molar-refractivity contribution in [2.75, 3.05) is 5.32 Å². The van der Waals surface area contributed by atoms with Crippen molar-refractivity contribution in [2.45, 2.75) is 27.2 Å². The molecule has 1 amide bonds. The van der Waals surface area contributed by atoms with Gasteiger partial charge in [0.2, 0.25) is 0 Å². The number of aromatic carboxylic acids is 1. The number of hydrogen-bond acceptors (Lipinski definition) is 6. The van der Waals surface area contributed by atoms with Crippen molar-refractivity contribution in [1.82, 2.24) is 20.1 Å². The van der Waals surface area contributed by atoms with E-state index in [2.05, 4.69) is 20.7 Å². The molecular weight excluding hydrogens is 330 g/mol. The van der Waals surface area contributed by atoms with E-state index in [4.69, 9.17) is 5.11 Å². The molecule has 0 radical (unpaired) electrons. The van der Waals surface area contributed by atoms with Crippen molar-refractivity contribution in [3.05, 3.63) is 34.1 Å². The fraction of sp³-hybridized carbons (Fsp3) is 0.333. The van der Waals surface area contributed by atoms with Gasteiger partial charge in [-0.2, -0.15) is 5.10 Å². The van der Waals surface area contributed by atoms with Crippen molar-refractivity contribution < 1.29 is 14.7 Å². The van der Waals surface area contributed by atoms with Gasteiger partial charge in [-0.05, 0) is 20.3 Å². The summed E-state index contributed by atoms with van der Waals surface area (Å²) in [5.74, 6) is -0.924. The van der Waals surface area contributed by atoms with Gasteiger partial charge in [0.25, 0.3) is 5.91 Å². The molecule has 8 nitrogen and oxygen atoms in total. The van der Waals surface area contributed by atoms with Crippen LogP contribution in [0.25, 0.3) is 0 Å². The third kappa shape index (κ3) is 3.99. The smallest absolute Gasteiger partial charge is 0.354 e. The molecule has 0 bridgehead atoms. The number of anilines is 2. The Morgan fingerprint density at radius 3 is 2.62 bits per heavy atom. The molecule has 2 heterocycles. The van der Waals surface area contributed by atoms with E-state index >= 15 is 0 Å². The number of aromatic nitrogens is 3. The molecule has 2 rings (SSSR count). The maximum Gasteiger partial charge on any atom is 0.354 e. The van der Waals surface area contributed by atoms with Gasteiger partial charge in [0.15, 0.2) is 10.9 Å². The van der Waals surface area contributed by atoms with Crippen LogP contribution in [-0.2, 0) is 7.05 Å². The minimum Gasteiger partial charge on any atom is -0.477 e. The maximum atomic E-state index is 12.2. The number of aryl methyl sites for hydroxylation is 1. The van der Waals surface area contributed by atoms with E-state index in [-0.39, 0.29) is 11.6 Å². The molecule has 0 aromatic carbocycles. The molecule has 24 heavy (non-hydrogen) atoms. The van der Waals surface area contributed by atoms with Crippen LogP contribution in [0.3, 0.4) is 0 Å². The molecule has 2 aromatic heterocycles. The average molecular weight is 349 g/mol. The van der Waals surface area contributed by atoms with Crippen LogP contribution < -0.4 is 10.6 Å². The van der Waals surface area contributed by atoms with Gasteiger partial charge in [-0.25, -0.2) is 9.78 Å². The van der Waals surface area contributed by atoms with Crippen LogP contribution in [0.5, 0.6) is 0 Å². The number of nitrogens with zero attached hydrogens (tertiary/aromatic N) is 3. The maximum absolute atomic E-state index is 12.2. The third-order valence-electron chi connectivity index (χ3n) is 3.28. The molecule has 0 spiro atoms. The molecule has 0 saturated carbocycles. The topological polar surface area (TPSA) is 109 Å². The van der Waals surface area contributed by atoms with Crippen molar-refractivity contribution in [3.63, 3.8) is 0 Å². The van der Waals surface area contributed by atoms with Gasteiger partial charge in [0.05, 0.1) is 6.20 Å². The zero-order valence-electron chi connectivity index (χ0n) is 13.9. The summed E-state index contributed by atoms with van der Waals surface area (Å²) in [7, 11) is 1.54. The Morgan fingerprint density at radius 1 is 1.38 bits per heavy atom. The van der Waals surface area contributed by atoms with Gasteiger partial charge in [-0.1, -0.05) is 23.8 Å². The summed E-state index contributed by atoms with van der Waals surface area (Å²) in [6.07, 6.45) is 2.21. The quantitative estimate of drug-likeness (QED) is 0.740. The lowest BCUT2D eigenvalue weighted by Gasteiger charge is -2.08. The predicted molar refractivity (Wildman–Crippen MR) is 91.7 cm³/mol. The van der Waals surface area contributed by atoms with E-state index < -0.39 is 5.97 Å². The number of carbonyl (C=O) groups excluding carboxylic acids is 1. The summed E-state index contributed by atoms with van der Waals surface area (Å²) in [6.45, 7) is 5.86. The van der Waals surface area contributed by atoms with Gasteiger partial charge in [-0.3, -0.25) is 9.48 Å². The summed E-state index contributed by atoms with van der Waals surface area (Å²) < 4.78 is 1.26. The molecule has 0 unspecified atom stereocenters. The standard InChI is InChI=1S/C15H19N5O3S/c1-5-9(8(2)3)17-13(21)11-7-16-15(24-11)18-12-6-10(14(22)23)20(4)19-12/h6-7H,5H2,1-4H3,(H,17,21)(H,22,23)(H,16,18,19). The number of hydrogen-bond donors (Lipinski definition) is 3. The van der Waals surface area contributed by atoms with Gasteiger partial charge in [0.1, 0.15) is 10.6 Å². The van der Waals surface area contributed by atoms with Crippen LogP contribution in [0.15, 0.2) is 23.5 Å². The minimum atomic E-state index is -1.06. The summed E-state index contributed by atoms with van der Waals surface area (Å²) in [5, 5.41) is 19.3. The van der Waals surface area contributed by atoms with Crippen molar-refractivity contribution in [1.29, 1.82) is 0 Å². The van der Waals surface area contributed by atoms with Gasteiger partial charge in [-0.15, -0.1) is 0 Å². The number of thiazole rings is 1. The number of allylic oxidation sites excluding steroid dienone is 2. The number of rotatable bonds is 6. The molecule has 0 aliphatic carbocycles. The highest BCUT2D eigenvalue weighted by Gasteiger charge is 2.15. The van der Waals surface area contributed by atoms with Crippen LogP contribution >= 0.6 is 11.3 Å². The highest BCUT2D eigenvalue weighted by atomic mass is 32.1. The molecule has 3 N–H and O–H groups in total.